The van der Waals surface area contributed by atoms with Gasteiger partial charge in [0, 0.05) is 18.7 Å². The fourth-order valence-electron chi connectivity index (χ4n) is 4.44. The van der Waals surface area contributed by atoms with Gasteiger partial charge in [-0.2, -0.15) is 0 Å². The molecule has 0 spiro atoms. The quantitative estimate of drug-likeness (QED) is 0.617. The highest BCUT2D eigenvalue weighted by Gasteiger charge is 2.32. The molecule has 184 valence electrons. The van der Waals surface area contributed by atoms with Crippen LogP contribution in [0.15, 0.2) is 23.0 Å². The van der Waals surface area contributed by atoms with Gasteiger partial charge in [0.05, 0.1) is 39.5 Å². The number of halogens is 1. The van der Waals surface area contributed by atoms with Crippen LogP contribution in [0.25, 0.3) is 11.1 Å². The van der Waals surface area contributed by atoms with Crippen LogP contribution in [-0.4, -0.2) is 52.5 Å². The summed E-state index contributed by atoms with van der Waals surface area (Å²) in [4.78, 5) is 27.6. The molecule has 0 aromatic heterocycles. The van der Waals surface area contributed by atoms with Gasteiger partial charge < -0.3 is 29.2 Å². The topological polar surface area (TPSA) is 86.3 Å². The van der Waals surface area contributed by atoms with Gasteiger partial charge in [-0.25, -0.2) is 4.79 Å². The third-order valence-electron chi connectivity index (χ3n) is 6.16. The fourth-order valence-corrected chi connectivity index (χ4v) is 4.79. The van der Waals surface area contributed by atoms with Gasteiger partial charge in [-0.1, -0.05) is 17.7 Å². The summed E-state index contributed by atoms with van der Waals surface area (Å²) in [6, 6.07) is 4.27. The standard InChI is InChI=1S/C25H31ClN2O6/c1-7-28(8-2)25(30)27-17-11-9-15-20(14-10-12-19(31-3)18(29)13-16(14)17)22(32-4)24(34-6)23(33-5)21(15)26/h10,12-13,17H,7-9,11H2,1-6H3,(H,27,30)/t17-/m0/s1. The molecule has 1 aliphatic rings. The van der Waals surface area contributed by atoms with Crippen LogP contribution in [0, 0.1) is 0 Å². The number of amides is 2. The van der Waals surface area contributed by atoms with Crippen LogP contribution < -0.4 is 29.7 Å². The maximum absolute atomic E-state index is 13.0. The molecule has 0 aliphatic heterocycles. The van der Waals surface area contributed by atoms with Crippen LogP contribution in [-0.2, 0) is 6.42 Å². The number of rotatable bonds is 7. The first-order valence-corrected chi connectivity index (χ1v) is 11.5. The molecule has 0 radical (unpaired) electrons. The summed E-state index contributed by atoms with van der Waals surface area (Å²) in [5.74, 6) is 1.35. The van der Waals surface area contributed by atoms with Gasteiger partial charge in [-0.05, 0) is 55.5 Å². The maximum atomic E-state index is 13.0. The molecule has 34 heavy (non-hydrogen) atoms. The van der Waals surface area contributed by atoms with Crippen LogP contribution in [0.3, 0.4) is 0 Å². The monoisotopic (exact) mass is 490 g/mol. The Bertz CT molecular complexity index is 1130. The summed E-state index contributed by atoms with van der Waals surface area (Å²) in [5.41, 5.74) is 2.53. The molecule has 1 aliphatic carbocycles. The summed E-state index contributed by atoms with van der Waals surface area (Å²) in [6.07, 6.45) is 1.02. The van der Waals surface area contributed by atoms with Crippen LogP contribution in [0.4, 0.5) is 4.79 Å². The molecule has 0 unspecified atom stereocenters. The lowest BCUT2D eigenvalue weighted by Crippen LogP contribution is -2.41. The van der Waals surface area contributed by atoms with E-state index in [4.69, 9.17) is 30.5 Å². The van der Waals surface area contributed by atoms with Gasteiger partial charge in [0.15, 0.2) is 17.2 Å². The van der Waals surface area contributed by atoms with Crippen LogP contribution in [0.1, 0.15) is 37.4 Å². The van der Waals surface area contributed by atoms with Crippen molar-refractivity contribution in [3.05, 3.63) is 44.6 Å². The van der Waals surface area contributed by atoms with Crippen molar-refractivity contribution < 1.29 is 23.7 Å². The van der Waals surface area contributed by atoms with E-state index in [2.05, 4.69) is 5.32 Å². The lowest BCUT2D eigenvalue weighted by atomic mass is 9.95. The number of nitrogens with zero attached hydrogens (tertiary/aromatic N) is 1. The Hall–Kier alpha value is -3.13. The van der Waals surface area contributed by atoms with Crippen molar-refractivity contribution in [1.29, 1.82) is 0 Å². The van der Waals surface area contributed by atoms with Gasteiger partial charge >= 0.3 is 6.03 Å². The molecule has 1 N–H and O–H groups in total. The third kappa shape index (κ3) is 4.46. The molecule has 0 fully saturated rings. The van der Waals surface area contributed by atoms with Crippen molar-refractivity contribution in [3.8, 4) is 34.1 Å². The number of hydrogen-bond donors (Lipinski definition) is 1. The van der Waals surface area contributed by atoms with E-state index in [0.29, 0.717) is 64.9 Å². The first-order chi connectivity index (χ1) is 16.4. The van der Waals surface area contributed by atoms with Gasteiger partial charge in [-0.15, -0.1) is 0 Å². The lowest BCUT2D eigenvalue weighted by Gasteiger charge is -2.24. The van der Waals surface area contributed by atoms with E-state index in [1.165, 1.54) is 34.5 Å². The summed E-state index contributed by atoms with van der Waals surface area (Å²) < 4.78 is 22.2. The van der Waals surface area contributed by atoms with Gasteiger partial charge in [-0.3, -0.25) is 4.79 Å². The molecule has 8 nitrogen and oxygen atoms in total. The maximum Gasteiger partial charge on any atom is 0.317 e. The summed E-state index contributed by atoms with van der Waals surface area (Å²) in [7, 11) is 6.01. The number of benzene rings is 1. The normalized spacial score (nSPS) is 14.3. The lowest BCUT2D eigenvalue weighted by molar-refractivity contribution is 0.198. The van der Waals surface area contributed by atoms with E-state index >= 15 is 0 Å². The summed E-state index contributed by atoms with van der Waals surface area (Å²) in [5, 5.41) is 3.51. The number of carbonyl (C=O) groups excluding carboxylic acids is 1. The molecule has 2 aromatic carbocycles. The molecule has 0 saturated heterocycles. The van der Waals surface area contributed by atoms with Gasteiger partial charge in [0.25, 0.3) is 0 Å². The highest BCUT2D eigenvalue weighted by Crippen LogP contribution is 2.54. The zero-order chi connectivity index (χ0) is 25.0. The van der Waals surface area contributed by atoms with Crippen LogP contribution in [0.5, 0.6) is 23.0 Å². The Balaban J connectivity index is 2.36. The Kier molecular flexibility index (Phi) is 8.15. The number of nitrogens with one attached hydrogen (secondary N) is 1. The van der Waals surface area contributed by atoms with Crippen LogP contribution >= 0.6 is 11.6 Å². The first kappa shape index (κ1) is 25.5. The molecule has 0 heterocycles. The third-order valence-corrected chi connectivity index (χ3v) is 6.56. The molecular formula is C25H31ClN2O6. The molecule has 3 rings (SSSR count). The minimum atomic E-state index is -0.446. The molecule has 0 saturated carbocycles. The smallest absolute Gasteiger partial charge is 0.317 e. The zero-order valence-electron chi connectivity index (χ0n) is 20.4. The Morgan fingerprint density at radius 2 is 1.68 bits per heavy atom. The number of urea groups is 1. The van der Waals surface area contributed by atoms with E-state index in [0.717, 1.165) is 5.56 Å². The van der Waals surface area contributed by atoms with Crippen molar-refractivity contribution in [2.24, 2.45) is 0 Å². The highest BCUT2D eigenvalue weighted by molar-refractivity contribution is 6.34. The van der Waals surface area contributed by atoms with E-state index in [-0.39, 0.29) is 17.2 Å². The zero-order valence-corrected chi connectivity index (χ0v) is 21.2. The average Bonchev–Trinajstić information content (AvgIpc) is 3.08. The SMILES string of the molecule is CCN(CC)C(=O)N[C@H]1CCc2c(Cl)c(OC)c(OC)c(OC)c2-c2ccc(OC)c(=O)cc21. The Morgan fingerprint density at radius 1 is 1.03 bits per heavy atom. The predicted molar refractivity (Wildman–Crippen MR) is 132 cm³/mol. The second-order valence-electron chi connectivity index (χ2n) is 7.76. The Morgan fingerprint density at radius 3 is 2.24 bits per heavy atom. The number of methoxy groups -OCH3 is 4. The number of ether oxygens (including phenoxy) is 4. The van der Waals surface area contributed by atoms with Crippen molar-refractivity contribution >= 4 is 17.6 Å². The molecular weight excluding hydrogens is 460 g/mol. The molecule has 1 atom stereocenters. The highest BCUT2D eigenvalue weighted by atomic mass is 35.5. The van der Waals surface area contributed by atoms with Crippen molar-refractivity contribution in [1.82, 2.24) is 10.2 Å². The first-order valence-electron chi connectivity index (χ1n) is 11.1. The second kappa shape index (κ2) is 10.9. The fraction of sp³-hybridized carbons (Fsp3) is 0.440. The number of hydrogen-bond acceptors (Lipinski definition) is 6. The van der Waals surface area contributed by atoms with Gasteiger partial charge in [0.2, 0.25) is 11.2 Å². The summed E-state index contributed by atoms with van der Waals surface area (Å²) in [6.45, 7) is 4.98. The van der Waals surface area contributed by atoms with E-state index in [9.17, 15) is 9.59 Å². The minimum Gasteiger partial charge on any atom is -0.493 e. The van der Waals surface area contributed by atoms with E-state index in [1.807, 2.05) is 13.8 Å². The minimum absolute atomic E-state index is 0.189. The molecule has 9 heteroatoms. The molecule has 2 aromatic rings. The van der Waals surface area contributed by atoms with Gasteiger partial charge in [0.1, 0.15) is 0 Å². The van der Waals surface area contributed by atoms with Crippen molar-refractivity contribution in [2.45, 2.75) is 32.7 Å². The Labute approximate surface area is 204 Å². The number of carbonyl (C=O) groups is 1. The second-order valence-corrected chi connectivity index (χ2v) is 8.14. The van der Waals surface area contributed by atoms with E-state index in [1.54, 1.807) is 17.0 Å². The summed E-state index contributed by atoms with van der Waals surface area (Å²) >= 11 is 6.81. The van der Waals surface area contributed by atoms with Crippen molar-refractivity contribution in [3.63, 3.8) is 0 Å². The average molecular weight is 491 g/mol. The number of fused-ring (bicyclic) bond motifs is 3. The van der Waals surface area contributed by atoms with Crippen molar-refractivity contribution in [2.75, 3.05) is 41.5 Å². The predicted octanol–water partition coefficient (Wildman–Crippen LogP) is 4.44. The van der Waals surface area contributed by atoms with Crippen LogP contribution in [0.2, 0.25) is 5.02 Å². The van der Waals surface area contributed by atoms with E-state index < -0.39 is 6.04 Å². The molecule has 2 amide bonds. The largest absolute Gasteiger partial charge is 0.493 e. The molecule has 0 bridgehead atoms.